The maximum absolute atomic E-state index is 14.6. The normalized spacial score (nSPS) is 10.6. The molecule has 0 radical (unpaired) electrons. The molecule has 0 fully saturated rings. The summed E-state index contributed by atoms with van der Waals surface area (Å²) in [6.45, 7) is 0. The van der Waals surface area contributed by atoms with Crippen molar-refractivity contribution in [2.45, 2.75) is 0 Å². The van der Waals surface area contributed by atoms with Crippen LogP contribution in [0.3, 0.4) is 0 Å². The number of nitrogens with zero attached hydrogens (tertiary/aromatic N) is 3. The highest BCUT2D eigenvalue weighted by atomic mass is 35.5. The summed E-state index contributed by atoms with van der Waals surface area (Å²) in [4.78, 5) is 29.8. The molecule has 4 aromatic rings. The summed E-state index contributed by atoms with van der Waals surface area (Å²) in [6, 6.07) is 13.2. The Morgan fingerprint density at radius 3 is 2.68 bits per heavy atom. The molecule has 34 heavy (non-hydrogen) atoms. The fraction of sp³-hybridized carbons (Fsp3) is 0.0833. The van der Waals surface area contributed by atoms with Crippen molar-refractivity contribution in [1.29, 1.82) is 5.26 Å². The van der Waals surface area contributed by atoms with E-state index >= 15 is 0 Å². The molecule has 3 N–H and O–H groups in total. The summed E-state index contributed by atoms with van der Waals surface area (Å²) in [5, 5.41) is 17.6. The SMILES string of the molecule is CNc1cc2c(cn1)cc(-c1cc(NC(=O)Nc3cccc(C#N)c3)c(F)cc1Cl)c(=O)n2C. The zero-order valence-electron chi connectivity index (χ0n) is 18.1. The largest absolute Gasteiger partial charge is 0.373 e. The number of nitrogens with one attached hydrogen (secondary N) is 3. The van der Waals surface area contributed by atoms with Crippen LogP contribution in [0.15, 0.2) is 59.5 Å². The third-order valence-corrected chi connectivity index (χ3v) is 5.52. The molecule has 2 amide bonds. The van der Waals surface area contributed by atoms with Crippen LogP contribution < -0.4 is 21.5 Å². The Morgan fingerprint density at radius 2 is 1.94 bits per heavy atom. The topological polar surface area (TPSA) is 112 Å². The lowest BCUT2D eigenvalue weighted by molar-refractivity contribution is 0.262. The van der Waals surface area contributed by atoms with E-state index in [1.807, 2.05) is 6.07 Å². The number of fused-ring (bicyclic) bond motifs is 1. The molecule has 10 heteroatoms. The molecule has 4 rings (SSSR count). The van der Waals surface area contributed by atoms with Crippen molar-refractivity contribution < 1.29 is 9.18 Å². The first-order chi connectivity index (χ1) is 16.3. The lowest BCUT2D eigenvalue weighted by atomic mass is 10.0. The Bertz CT molecular complexity index is 1540. The number of carbonyl (C=O) groups excluding carboxylic acids is 1. The van der Waals surface area contributed by atoms with Crippen LogP contribution in [0.4, 0.5) is 26.4 Å². The van der Waals surface area contributed by atoms with Crippen molar-refractivity contribution >= 4 is 45.7 Å². The highest BCUT2D eigenvalue weighted by Gasteiger charge is 2.17. The number of halogens is 2. The molecule has 0 aliphatic carbocycles. The summed E-state index contributed by atoms with van der Waals surface area (Å²) in [5.74, 6) is -0.166. The second-order valence-corrected chi connectivity index (χ2v) is 7.79. The van der Waals surface area contributed by atoms with Crippen LogP contribution >= 0.6 is 11.6 Å². The summed E-state index contributed by atoms with van der Waals surface area (Å²) in [7, 11) is 3.34. The number of hydrogen-bond acceptors (Lipinski definition) is 5. The van der Waals surface area contributed by atoms with E-state index in [1.165, 1.54) is 16.7 Å². The highest BCUT2D eigenvalue weighted by molar-refractivity contribution is 6.33. The number of rotatable bonds is 4. The van der Waals surface area contributed by atoms with Crippen LogP contribution in [0.1, 0.15) is 5.56 Å². The number of urea groups is 1. The molecule has 2 heterocycles. The average molecular weight is 477 g/mol. The Balaban J connectivity index is 1.71. The summed E-state index contributed by atoms with van der Waals surface area (Å²) in [6.07, 6.45) is 1.61. The van der Waals surface area contributed by atoms with Crippen LogP contribution in [-0.4, -0.2) is 22.6 Å². The van der Waals surface area contributed by atoms with E-state index in [2.05, 4.69) is 20.9 Å². The van der Waals surface area contributed by atoms with Crippen molar-refractivity contribution in [1.82, 2.24) is 9.55 Å². The highest BCUT2D eigenvalue weighted by Crippen LogP contribution is 2.32. The van der Waals surface area contributed by atoms with Gasteiger partial charge < -0.3 is 20.5 Å². The molecule has 0 unspecified atom stereocenters. The van der Waals surface area contributed by atoms with Gasteiger partial charge in [0.1, 0.15) is 11.6 Å². The predicted molar refractivity (Wildman–Crippen MR) is 131 cm³/mol. The quantitative estimate of drug-likeness (QED) is 0.386. The number of nitriles is 1. The first-order valence-corrected chi connectivity index (χ1v) is 10.4. The third-order valence-electron chi connectivity index (χ3n) is 5.21. The summed E-state index contributed by atoms with van der Waals surface area (Å²) < 4.78 is 16.1. The van der Waals surface area contributed by atoms with E-state index in [9.17, 15) is 14.0 Å². The van der Waals surface area contributed by atoms with Crippen LogP contribution in [-0.2, 0) is 7.05 Å². The van der Waals surface area contributed by atoms with Crippen LogP contribution in [0.5, 0.6) is 0 Å². The minimum Gasteiger partial charge on any atom is -0.373 e. The van der Waals surface area contributed by atoms with Gasteiger partial charge in [-0.15, -0.1) is 0 Å². The van der Waals surface area contributed by atoms with E-state index < -0.39 is 11.8 Å². The molecule has 2 aromatic carbocycles. The third kappa shape index (κ3) is 4.40. The molecule has 0 saturated carbocycles. The maximum atomic E-state index is 14.6. The van der Waals surface area contributed by atoms with E-state index in [1.54, 1.807) is 50.6 Å². The van der Waals surface area contributed by atoms with Crippen molar-refractivity contribution in [3.05, 3.63) is 81.5 Å². The zero-order chi connectivity index (χ0) is 24.4. The Labute approximate surface area is 198 Å². The van der Waals surface area contributed by atoms with Crippen molar-refractivity contribution in [2.75, 3.05) is 23.0 Å². The Kier molecular flexibility index (Phi) is 6.17. The molecule has 2 aromatic heterocycles. The summed E-state index contributed by atoms with van der Waals surface area (Å²) in [5.41, 5.74) is 1.35. The standard InChI is InChI=1S/C24H18ClFN6O2/c1-28-22-10-21-14(12-29-22)7-17(23(33)32(21)2)16-8-20(19(26)9-18(16)25)31-24(34)30-15-5-3-4-13(6-15)11-27/h3-10,12H,1-2H3,(H,28,29)(H2,30,31,34). The van der Waals surface area contributed by atoms with Crippen LogP contribution in [0, 0.1) is 17.1 Å². The van der Waals surface area contributed by atoms with Crippen molar-refractivity contribution in [3.8, 4) is 17.2 Å². The predicted octanol–water partition coefficient (Wildman–Crippen LogP) is 4.95. The van der Waals surface area contributed by atoms with Gasteiger partial charge in [0.15, 0.2) is 0 Å². The fourth-order valence-corrected chi connectivity index (χ4v) is 3.75. The molecule has 0 atom stereocenters. The first kappa shape index (κ1) is 22.8. The second-order valence-electron chi connectivity index (χ2n) is 7.38. The number of pyridine rings is 2. The maximum Gasteiger partial charge on any atom is 0.323 e. The molecule has 0 aliphatic rings. The number of amides is 2. The lowest BCUT2D eigenvalue weighted by Crippen LogP contribution is -2.21. The van der Waals surface area contributed by atoms with Gasteiger partial charge in [-0.2, -0.15) is 5.26 Å². The number of aromatic nitrogens is 2. The van der Waals surface area contributed by atoms with Crippen LogP contribution in [0.25, 0.3) is 22.0 Å². The van der Waals surface area contributed by atoms with Crippen LogP contribution in [0.2, 0.25) is 5.02 Å². The number of anilines is 3. The van der Waals surface area contributed by atoms with Gasteiger partial charge in [-0.1, -0.05) is 17.7 Å². The van der Waals surface area contributed by atoms with Crippen molar-refractivity contribution in [2.24, 2.45) is 7.05 Å². The first-order valence-electron chi connectivity index (χ1n) is 10.1. The van der Waals surface area contributed by atoms with Gasteiger partial charge in [-0.25, -0.2) is 14.2 Å². The van der Waals surface area contributed by atoms with Gasteiger partial charge in [-0.3, -0.25) is 4.79 Å². The minimum absolute atomic E-state index is 0.0152. The molecule has 8 nitrogen and oxygen atoms in total. The van der Waals surface area contributed by atoms with E-state index in [4.69, 9.17) is 16.9 Å². The zero-order valence-corrected chi connectivity index (χ0v) is 18.9. The van der Waals surface area contributed by atoms with E-state index in [-0.39, 0.29) is 27.4 Å². The smallest absolute Gasteiger partial charge is 0.323 e. The average Bonchev–Trinajstić information content (AvgIpc) is 2.83. The lowest BCUT2D eigenvalue weighted by Gasteiger charge is -2.14. The molecular weight excluding hydrogens is 459 g/mol. The second kappa shape index (κ2) is 9.21. The van der Waals surface area contributed by atoms with Crippen molar-refractivity contribution in [3.63, 3.8) is 0 Å². The van der Waals surface area contributed by atoms with E-state index in [0.717, 1.165) is 6.07 Å². The number of aryl methyl sites for hydroxylation is 1. The number of benzene rings is 2. The monoisotopic (exact) mass is 476 g/mol. The molecule has 0 bridgehead atoms. The minimum atomic E-state index is -0.771. The van der Waals surface area contributed by atoms with E-state index in [0.29, 0.717) is 28.0 Å². The Hall–Kier alpha value is -4.42. The fourth-order valence-electron chi connectivity index (χ4n) is 3.50. The van der Waals surface area contributed by atoms with Gasteiger partial charge >= 0.3 is 6.03 Å². The molecule has 0 saturated heterocycles. The van der Waals surface area contributed by atoms with Gasteiger partial charge in [0.05, 0.1) is 27.9 Å². The number of hydrogen-bond donors (Lipinski definition) is 3. The molecule has 170 valence electrons. The van der Waals surface area contributed by atoms with Gasteiger partial charge in [0.25, 0.3) is 5.56 Å². The number of carbonyl (C=O) groups is 1. The summed E-state index contributed by atoms with van der Waals surface area (Å²) >= 11 is 6.29. The molecule has 0 spiro atoms. The Morgan fingerprint density at radius 1 is 1.15 bits per heavy atom. The van der Waals surface area contributed by atoms with Gasteiger partial charge in [0, 0.05) is 48.6 Å². The van der Waals surface area contributed by atoms with Gasteiger partial charge in [-0.05, 0) is 36.4 Å². The van der Waals surface area contributed by atoms with Gasteiger partial charge in [0.2, 0.25) is 0 Å². The molecular formula is C24H18ClFN6O2. The molecule has 0 aliphatic heterocycles.